The molecule has 2 fully saturated rings. The number of hydrogen-bond acceptors (Lipinski definition) is 3. The smallest absolute Gasteiger partial charge is 0.221 e. The van der Waals surface area contributed by atoms with Crippen molar-refractivity contribution in [3.63, 3.8) is 0 Å². The average molecular weight is 211 g/mol. The fourth-order valence-corrected chi connectivity index (χ4v) is 2.52. The second-order valence-electron chi connectivity index (χ2n) is 4.47. The van der Waals surface area contributed by atoms with Crippen LogP contribution in [0.4, 0.5) is 0 Å². The van der Waals surface area contributed by atoms with E-state index in [4.69, 9.17) is 0 Å². The molecule has 2 heterocycles. The third kappa shape index (κ3) is 3.18. The normalized spacial score (nSPS) is 30.4. The Morgan fingerprint density at radius 1 is 1.13 bits per heavy atom. The molecule has 0 bridgehead atoms. The summed E-state index contributed by atoms with van der Waals surface area (Å²) in [6.45, 7) is 5.07. The molecular weight excluding hydrogens is 190 g/mol. The number of carbonyl (C=O) groups excluding carboxylic acids is 1. The first-order valence-electron chi connectivity index (χ1n) is 6.08. The molecule has 15 heavy (non-hydrogen) atoms. The van der Waals surface area contributed by atoms with Gasteiger partial charge >= 0.3 is 0 Å². The Morgan fingerprint density at radius 2 is 2.07 bits per heavy atom. The molecule has 2 saturated heterocycles. The lowest BCUT2D eigenvalue weighted by atomic mass is 10.1. The van der Waals surface area contributed by atoms with E-state index in [0.29, 0.717) is 12.5 Å². The van der Waals surface area contributed by atoms with Gasteiger partial charge in [0.25, 0.3) is 0 Å². The van der Waals surface area contributed by atoms with Crippen molar-refractivity contribution >= 4 is 5.91 Å². The van der Waals surface area contributed by atoms with Gasteiger partial charge in [0.2, 0.25) is 5.91 Å². The molecule has 0 aromatic rings. The maximum Gasteiger partial charge on any atom is 0.221 e. The van der Waals surface area contributed by atoms with Crippen LogP contribution in [0.3, 0.4) is 0 Å². The maximum absolute atomic E-state index is 11.2. The zero-order valence-corrected chi connectivity index (χ0v) is 9.30. The number of hydrogen-bond donors (Lipinski definition) is 2. The summed E-state index contributed by atoms with van der Waals surface area (Å²) in [5.41, 5.74) is 0. The van der Waals surface area contributed by atoms with Crippen molar-refractivity contribution in [2.75, 3.05) is 32.7 Å². The first kappa shape index (κ1) is 10.9. The van der Waals surface area contributed by atoms with Crippen LogP contribution in [-0.4, -0.2) is 49.6 Å². The van der Waals surface area contributed by atoms with Gasteiger partial charge in [0.1, 0.15) is 0 Å². The van der Waals surface area contributed by atoms with Crippen molar-refractivity contribution < 1.29 is 4.79 Å². The molecule has 2 aliphatic heterocycles. The molecule has 1 unspecified atom stereocenters. The van der Waals surface area contributed by atoms with Crippen LogP contribution in [-0.2, 0) is 4.79 Å². The van der Waals surface area contributed by atoms with Crippen LogP contribution >= 0.6 is 0 Å². The molecule has 4 nitrogen and oxygen atoms in total. The highest BCUT2D eigenvalue weighted by atomic mass is 16.1. The summed E-state index contributed by atoms with van der Waals surface area (Å²) in [7, 11) is 0. The highest BCUT2D eigenvalue weighted by molar-refractivity contribution is 5.76. The van der Waals surface area contributed by atoms with Gasteiger partial charge in [-0.1, -0.05) is 0 Å². The summed E-state index contributed by atoms with van der Waals surface area (Å²) in [6.07, 6.45) is 4.45. The fourth-order valence-electron chi connectivity index (χ4n) is 2.52. The number of amides is 1. The van der Waals surface area contributed by atoms with Crippen molar-refractivity contribution in [2.24, 2.45) is 0 Å². The molecule has 0 saturated carbocycles. The van der Waals surface area contributed by atoms with Gasteiger partial charge in [-0.25, -0.2) is 0 Å². The van der Waals surface area contributed by atoms with Crippen molar-refractivity contribution in [1.82, 2.24) is 15.5 Å². The average Bonchev–Trinajstić information content (AvgIpc) is 2.59. The zero-order chi connectivity index (χ0) is 10.5. The molecule has 2 aliphatic rings. The predicted octanol–water partition coefficient (Wildman–Crippen LogP) is -0.0496. The molecule has 1 atom stereocenters. The van der Waals surface area contributed by atoms with Crippen molar-refractivity contribution in [3.05, 3.63) is 0 Å². The van der Waals surface area contributed by atoms with E-state index in [-0.39, 0.29) is 5.91 Å². The van der Waals surface area contributed by atoms with Gasteiger partial charge < -0.3 is 10.6 Å². The molecule has 1 amide bonds. The Kier molecular flexibility index (Phi) is 3.97. The third-order valence-corrected chi connectivity index (χ3v) is 3.41. The van der Waals surface area contributed by atoms with Gasteiger partial charge in [0, 0.05) is 32.1 Å². The Morgan fingerprint density at radius 3 is 3.00 bits per heavy atom. The standard InChI is InChI=1S/C11H21N3O/c15-11-4-8-14(9-7-13-11)10-2-1-5-12-6-3-10/h10,12H,1-9H2,(H,13,15). The lowest BCUT2D eigenvalue weighted by Crippen LogP contribution is -2.38. The van der Waals surface area contributed by atoms with Gasteiger partial charge in [0.15, 0.2) is 0 Å². The van der Waals surface area contributed by atoms with E-state index < -0.39 is 0 Å². The monoisotopic (exact) mass is 211 g/mol. The molecule has 0 aromatic heterocycles. The van der Waals surface area contributed by atoms with Crippen LogP contribution in [0.25, 0.3) is 0 Å². The minimum absolute atomic E-state index is 0.212. The van der Waals surface area contributed by atoms with E-state index >= 15 is 0 Å². The van der Waals surface area contributed by atoms with E-state index in [0.717, 1.165) is 32.7 Å². The lowest BCUT2D eigenvalue weighted by Gasteiger charge is -2.28. The topological polar surface area (TPSA) is 44.4 Å². The summed E-state index contributed by atoms with van der Waals surface area (Å²) in [5.74, 6) is 0.212. The summed E-state index contributed by atoms with van der Waals surface area (Å²) in [6, 6.07) is 0.688. The van der Waals surface area contributed by atoms with E-state index in [9.17, 15) is 4.79 Å². The highest BCUT2D eigenvalue weighted by Gasteiger charge is 2.22. The minimum Gasteiger partial charge on any atom is -0.355 e. The molecule has 4 heteroatoms. The summed E-state index contributed by atoms with van der Waals surface area (Å²) >= 11 is 0. The van der Waals surface area contributed by atoms with Crippen LogP contribution in [0.5, 0.6) is 0 Å². The first-order chi connectivity index (χ1) is 7.36. The lowest BCUT2D eigenvalue weighted by molar-refractivity contribution is -0.120. The molecule has 2 rings (SSSR count). The number of nitrogens with zero attached hydrogens (tertiary/aromatic N) is 1. The SMILES string of the molecule is O=C1CCN(C2CCCNCC2)CCN1. The zero-order valence-electron chi connectivity index (χ0n) is 9.30. The first-order valence-corrected chi connectivity index (χ1v) is 6.08. The number of carbonyl (C=O) groups is 1. The highest BCUT2D eigenvalue weighted by Crippen LogP contribution is 2.14. The van der Waals surface area contributed by atoms with Crippen LogP contribution in [0.2, 0.25) is 0 Å². The molecule has 86 valence electrons. The molecular formula is C11H21N3O. The van der Waals surface area contributed by atoms with Crippen LogP contribution in [0.1, 0.15) is 25.7 Å². The van der Waals surface area contributed by atoms with Gasteiger partial charge in [0.05, 0.1) is 0 Å². The number of nitrogens with one attached hydrogen (secondary N) is 2. The largest absolute Gasteiger partial charge is 0.355 e. The molecule has 2 N–H and O–H groups in total. The van der Waals surface area contributed by atoms with Gasteiger partial charge in [-0.15, -0.1) is 0 Å². The van der Waals surface area contributed by atoms with E-state index in [1.807, 2.05) is 0 Å². The summed E-state index contributed by atoms with van der Waals surface area (Å²) < 4.78 is 0. The van der Waals surface area contributed by atoms with Crippen LogP contribution < -0.4 is 10.6 Å². The molecule has 0 aromatic carbocycles. The summed E-state index contributed by atoms with van der Waals surface area (Å²) in [4.78, 5) is 13.7. The van der Waals surface area contributed by atoms with Crippen molar-refractivity contribution in [1.29, 1.82) is 0 Å². The minimum atomic E-state index is 0.212. The van der Waals surface area contributed by atoms with E-state index in [2.05, 4.69) is 15.5 Å². The fraction of sp³-hybridized carbons (Fsp3) is 0.909. The second kappa shape index (κ2) is 5.47. The van der Waals surface area contributed by atoms with E-state index in [1.165, 1.54) is 19.3 Å². The van der Waals surface area contributed by atoms with Crippen LogP contribution in [0, 0.1) is 0 Å². The Balaban J connectivity index is 1.87. The van der Waals surface area contributed by atoms with Gasteiger partial charge in [-0.2, -0.15) is 0 Å². The molecule has 0 radical (unpaired) electrons. The van der Waals surface area contributed by atoms with Gasteiger partial charge in [-0.05, 0) is 32.4 Å². The van der Waals surface area contributed by atoms with Gasteiger partial charge in [-0.3, -0.25) is 9.69 Å². The summed E-state index contributed by atoms with van der Waals surface area (Å²) in [5, 5.41) is 6.36. The number of rotatable bonds is 1. The Bertz CT molecular complexity index is 212. The Labute approximate surface area is 91.4 Å². The molecule has 0 aliphatic carbocycles. The van der Waals surface area contributed by atoms with Crippen molar-refractivity contribution in [3.8, 4) is 0 Å². The Hall–Kier alpha value is -0.610. The van der Waals surface area contributed by atoms with Crippen molar-refractivity contribution in [2.45, 2.75) is 31.7 Å². The maximum atomic E-state index is 11.2. The van der Waals surface area contributed by atoms with E-state index in [1.54, 1.807) is 0 Å². The third-order valence-electron chi connectivity index (χ3n) is 3.41. The predicted molar refractivity (Wildman–Crippen MR) is 59.7 cm³/mol. The molecule has 0 spiro atoms. The van der Waals surface area contributed by atoms with Crippen LogP contribution in [0.15, 0.2) is 0 Å². The quantitative estimate of drug-likeness (QED) is 0.639. The second-order valence-corrected chi connectivity index (χ2v) is 4.47.